The van der Waals surface area contributed by atoms with Gasteiger partial charge in [0.05, 0.1) is 0 Å². The smallest absolute Gasteiger partial charge is 0.253 e. The number of carbonyl (C=O) groups excluding carboxylic acids is 2. The van der Waals surface area contributed by atoms with Crippen molar-refractivity contribution < 1.29 is 9.59 Å². The van der Waals surface area contributed by atoms with Gasteiger partial charge < -0.3 is 9.80 Å². The fourth-order valence-corrected chi connectivity index (χ4v) is 3.16. The van der Waals surface area contributed by atoms with Crippen LogP contribution in [0.4, 0.5) is 0 Å². The van der Waals surface area contributed by atoms with E-state index in [-0.39, 0.29) is 18.4 Å². The maximum Gasteiger partial charge on any atom is 0.253 e. The minimum atomic E-state index is -0.0798. The number of nitrogens with zero attached hydrogens (tertiary/aromatic N) is 6. The summed E-state index contributed by atoms with van der Waals surface area (Å²) in [4.78, 5) is 29.9. The zero-order valence-electron chi connectivity index (χ0n) is 15.3. The lowest BCUT2D eigenvalue weighted by Gasteiger charge is -2.34. The van der Waals surface area contributed by atoms with E-state index in [1.165, 1.54) is 4.80 Å². The molecule has 0 bridgehead atoms. The Hall–Kier alpha value is -3.55. The number of aromatic nitrogens is 4. The van der Waals surface area contributed by atoms with Crippen molar-refractivity contribution in [3.05, 3.63) is 66.2 Å². The number of tetrazole rings is 1. The van der Waals surface area contributed by atoms with E-state index in [9.17, 15) is 9.59 Å². The highest BCUT2D eigenvalue weighted by Crippen LogP contribution is 2.12. The molecule has 2 amide bonds. The molecule has 3 aromatic rings. The molecule has 0 saturated carbocycles. The molecule has 4 rings (SSSR count). The Morgan fingerprint density at radius 1 is 0.821 bits per heavy atom. The predicted molar refractivity (Wildman–Crippen MR) is 102 cm³/mol. The highest BCUT2D eigenvalue weighted by atomic mass is 16.2. The topological polar surface area (TPSA) is 84.2 Å². The highest BCUT2D eigenvalue weighted by molar-refractivity contribution is 5.94. The number of benzene rings is 2. The van der Waals surface area contributed by atoms with Crippen LogP contribution in [0.25, 0.3) is 11.4 Å². The maximum atomic E-state index is 12.6. The third kappa shape index (κ3) is 3.90. The largest absolute Gasteiger partial charge is 0.337 e. The first-order valence-corrected chi connectivity index (χ1v) is 9.16. The lowest BCUT2D eigenvalue weighted by molar-refractivity contribution is -0.133. The zero-order valence-corrected chi connectivity index (χ0v) is 15.3. The van der Waals surface area contributed by atoms with Gasteiger partial charge in [0.1, 0.15) is 6.54 Å². The summed E-state index contributed by atoms with van der Waals surface area (Å²) in [5, 5.41) is 12.3. The lowest BCUT2D eigenvalue weighted by atomic mass is 10.2. The van der Waals surface area contributed by atoms with Gasteiger partial charge in [-0.15, -0.1) is 10.2 Å². The fraction of sp³-hybridized carbons (Fsp3) is 0.250. The SMILES string of the molecule is O=C(Cn1nnc(-c2ccccc2)n1)N1CCN(C(=O)c2ccccc2)CC1. The first-order chi connectivity index (χ1) is 13.7. The van der Waals surface area contributed by atoms with E-state index in [1.54, 1.807) is 21.9 Å². The number of carbonyl (C=O) groups is 2. The summed E-state index contributed by atoms with van der Waals surface area (Å²) in [6.07, 6.45) is 0. The molecule has 8 heteroatoms. The summed E-state index contributed by atoms with van der Waals surface area (Å²) < 4.78 is 0. The molecule has 2 aromatic carbocycles. The quantitative estimate of drug-likeness (QED) is 0.686. The van der Waals surface area contributed by atoms with Crippen LogP contribution in [0.3, 0.4) is 0 Å². The number of hydrogen-bond acceptors (Lipinski definition) is 5. The van der Waals surface area contributed by atoms with Crippen molar-refractivity contribution in [2.45, 2.75) is 6.54 Å². The van der Waals surface area contributed by atoms with Crippen molar-refractivity contribution in [3.8, 4) is 11.4 Å². The van der Waals surface area contributed by atoms with Gasteiger partial charge in [-0.3, -0.25) is 9.59 Å². The molecule has 0 unspecified atom stereocenters. The van der Waals surface area contributed by atoms with Gasteiger partial charge in [-0.05, 0) is 17.3 Å². The van der Waals surface area contributed by atoms with E-state index in [2.05, 4.69) is 15.4 Å². The Morgan fingerprint density at radius 3 is 2.11 bits per heavy atom. The lowest BCUT2D eigenvalue weighted by Crippen LogP contribution is -2.51. The van der Waals surface area contributed by atoms with Crippen LogP contribution in [0.5, 0.6) is 0 Å². The average molecular weight is 376 g/mol. The Kier molecular flexibility index (Phi) is 5.09. The molecule has 1 saturated heterocycles. The van der Waals surface area contributed by atoms with E-state index < -0.39 is 0 Å². The molecule has 0 aliphatic carbocycles. The highest BCUT2D eigenvalue weighted by Gasteiger charge is 2.25. The standard InChI is InChI=1S/C20H20N6O2/c27-18(15-26-22-19(21-23-26)16-7-3-1-4-8-16)24-11-13-25(14-12-24)20(28)17-9-5-2-6-10-17/h1-10H,11-15H2. The molecule has 1 aliphatic heterocycles. The van der Waals surface area contributed by atoms with Crippen molar-refractivity contribution in [1.82, 2.24) is 30.0 Å². The van der Waals surface area contributed by atoms with Gasteiger partial charge >= 0.3 is 0 Å². The first kappa shape index (κ1) is 17.8. The molecule has 0 atom stereocenters. The molecule has 1 aliphatic rings. The second-order valence-corrected chi connectivity index (χ2v) is 6.55. The Labute approximate surface area is 162 Å². The third-order valence-electron chi connectivity index (χ3n) is 4.70. The van der Waals surface area contributed by atoms with Gasteiger partial charge in [0.25, 0.3) is 5.91 Å². The molecule has 28 heavy (non-hydrogen) atoms. The van der Waals surface area contributed by atoms with E-state index in [0.717, 1.165) is 5.56 Å². The summed E-state index contributed by atoms with van der Waals surface area (Å²) in [6.45, 7) is 2.06. The molecule has 2 heterocycles. The second-order valence-electron chi connectivity index (χ2n) is 6.55. The van der Waals surface area contributed by atoms with Crippen LogP contribution in [-0.4, -0.2) is 68.0 Å². The Balaban J connectivity index is 1.32. The van der Waals surface area contributed by atoms with E-state index in [4.69, 9.17) is 0 Å². The maximum absolute atomic E-state index is 12.6. The number of amides is 2. The predicted octanol–water partition coefficient (Wildman–Crippen LogP) is 1.32. The fourth-order valence-electron chi connectivity index (χ4n) is 3.16. The summed E-state index contributed by atoms with van der Waals surface area (Å²) in [5.74, 6) is 0.411. The van der Waals surface area contributed by atoms with Gasteiger partial charge in [0.2, 0.25) is 11.7 Å². The van der Waals surface area contributed by atoms with Crippen LogP contribution in [0.15, 0.2) is 60.7 Å². The normalized spacial score (nSPS) is 14.1. The molecule has 0 spiro atoms. The molecular formula is C20H20N6O2. The summed E-state index contributed by atoms with van der Waals surface area (Å²) in [7, 11) is 0. The van der Waals surface area contributed by atoms with E-state index in [0.29, 0.717) is 37.6 Å². The number of rotatable bonds is 4. The first-order valence-electron chi connectivity index (χ1n) is 9.16. The van der Waals surface area contributed by atoms with Crippen molar-refractivity contribution in [1.29, 1.82) is 0 Å². The van der Waals surface area contributed by atoms with Crippen molar-refractivity contribution >= 4 is 11.8 Å². The molecule has 8 nitrogen and oxygen atoms in total. The van der Waals surface area contributed by atoms with Crippen LogP contribution in [0, 0.1) is 0 Å². The van der Waals surface area contributed by atoms with Gasteiger partial charge in [-0.25, -0.2) is 0 Å². The van der Waals surface area contributed by atoms with Crippen molar-refractivity contribution in [3.63, 3.8) is 0 Å². The summed E-state index contributed by atoms with van der Waals surface area (Å²) in [5.41, 5.74) is 1.52. The molecule has 0 radical (unpaired) electrons. The van der Waals surface area contributed by atoms with Gasteiger partial charge in [0.15, 0.2) is 0 Å². The second kappa shape index (κ2) is 7.99. The monoisotopic (exact) mass is 376 g/mol. The number of piperazine rings is 1. The van der Waals surface area contributed by atoms with Crippen LogP contribution < -0.4 is 0 Å². The molecule has 1 aromatic heterocycles. The summed E-state index contributed by atoms with van der Waals surface area (Å²) >= 11 is 0. The van der Waals surface area contributed by atoms with E-state index >= 15 is 0 Å². The zero-order chi connectivity index (χ0) is 19.3. The average Bonchev–Trinajstić information content (AvgIpc) is 3.23. The van der Waals surface area contributed by atoms with Gasteiger partial charge in [-0.2, -0.15) is 4.80 Å². The van der Waals surface area contributed by atoms with Crippen LogP contribution in [0.1, 0.15) is 10.4 Å². The van der Waals surface area contributed by atoms with Crippen LogP contribution in [-0.2, 0) is 11.3 Å². The molecule has 142 valence electrons. The van der Waals surface area contributed by atoms with Gasteiger partial charge in [0, 0.05) is 37.3 Å². The Morgan fingerprint density at radius 2 is 1.43 bits per heavy atom. The Bertz CT molecular complexity index is 949. The molecular weight excluding hydrogens is 356 g/mol. The minimum absolute atomic E-state index is 0.00172. The number of hydrogen-bond donors (Lipinski definition) is 0. The van der Waals surface area contributed by atoms with Gasteiger partial charge in [-0.1, -0.05) is 48.5 Å². The van der Waals surface area contributed by atoms with Crippen molar-refractivity contribution in [2.75, 3.05) is 26.2 Å². The molecule has 1 fully saturated rings. The van der Waals surface area contributed by atoms with E-state index in [1.807, 2.05) is 48.5 Å². The summed E-state index contributed by atoms with van der Waals surface area (Å²) in [6, 6.07) is 18.7. The minimum Gasteiger partial charge on any atom is -0.337 e. The van der Waals surface area contributed by atoms with Crippen LogP contribution in [0.2, 0.25) is 0 Å². The van der Waals surface area contributed by atoms with Crippen LogP contribution >= 0.6 is 0 Å². The molecule has 0 N–H and O–H groups in total. The van der Waals surface area contributed by atoms with Crippen molar-refractivity contribution in [2.24, 2.45) is 0 Å². The third-order valence-corrected chi connectivity index (χ3v) is 4.70.